The fraction of sp³-hybridized carbons (Fsp3) is 0.250. The normalized spacial score (nSPS) is 11.0. The second-order valence-electron chi connectivity index (χ2n) is 2.90. The van der Waals surface area contributed by atoms with Crippen LogP contribution < -0.4 is 0 Å². The number of rotatable bonds is 4. The van der Waals surface area contributed by atoms with E-state index in [1.165, 1.54) is 24.3 Å². The van der Waals surface area contributed by atoms with Crippen LogP contribution in [0.4, 0.5) is 4.39 Å². The lowest BCUT2D eigenvalue weighted by molar-refractivity contribution is -0.830. The van der Waals surface area contributed by atoms with Crippen LogP contribution >= 0.6 is 0 Å². The quantitative estimate of drug-likeness (QED) is 0.328. The second-order valence-corrected chi connectivity index (χ2v) is 2.90. The Labute approximate surface area is 83.6 Å². The average molecular weight is 214 g/mol. The number of halogens is 1. The topological polar surface area (TPSA) is 86.3 Å². The first-order chi connectivity index (χ1) is 6.97. The van der Waals surface area contributed by atoms with Gasteiger partial charge in [-0.05, 0) is 5.56 Å². The van der Waals surface area contributed by atoms with Gasteiger partial charge in [0.25, 0.3) is 0 Å². The molecule has 0 saturated carbocycles. The predicted molar refractivity (Wildman–Crippen MR) is 48.0 cm³/mol. The van der Waals surface area contributed by atoms with E-state index in [-0.39, 0.29) is 5.56 Å². The molecule has 1 aromatic carbocycles. The van der Waals surface area contributed by atoms with E-state index in [4.69, 9.17) is 0 Å². The molecule has 15 heavy (non-hydrogen) atoms. The smallest absolute Gasteiger partial charge is 0.256 e. The van der Waals surface area contributed by atoms with Crippen molar-refractivity contribution in [1.29, 1.82) is 0 Å². The highest BCUT2D eigenvalue weighted by Gasteiger charge is 2.57. The van der Waals surface area contributed by atoms with Gasteiger partial charge < -0.3 is 0 Å². The van der Waals surface area contributed by atoms with E-state index in [0.29, 0.717) is 0 Å². The van der Waals surface area contributed by atoms with Crippen LogP contribution in [0.5, 0.6) is 0 Å². The molecular formula is C8H7FN2O4. The van der Waals surface area contributed by atoms with Crippen LogP contribution in [-0.2, 0) is 6.42 Å². The van der Waals surface area contributed by atoms with Crippen LogP contribution in [0.25, 0.3) is 0 Å². The lowest BCUT2D eigenvalue weighted by Gasteiger charge is -2.07. The van der Waals surface area contributed by atoms with E-state index < -0.39 is 22.2 Å². The molecule has 0 unspecified atom stereocenters. The summed E-state index contributed by atoms with van der Waals surface area (Å²) in [5.74, 6) is -3.65. The SMILES string of the molecule is O=[N+]([O-])C(F)(Cc1ccccc1)[N+](=O)[O-]. The molecule has 0 N–H and O–H groups in total. The first-order valence-corrected chi connectivity index (χ1v) is 3.98. The second kappa shape index (κ2) is 3.99. The molecule has 0 radical (unpaired) electrons. The highest BCUT2D eigenvalue weighted by atomic mass is 19.2. The van der Waals surface area contributed by atoms with E-state index in [1.54, 1.807) is 6.07 Å². The zero-order valence-electron chi connectivity index (χ0n) is 7.50. The van der Waals surface area contributed by atoms with Gasteiger partial charge in [-0.1, -0.05) is 34.7 Å². The van der Waals surface area contributed by atoms with Crippen LogP contribution in [0.1, 0.15) is 5.56 Å². The van der Waals surface area contributed by atoms with Crippen molar-refractivity contribution in [3.05, 3.63) is 56.1 Å². The summed E-state index contributed by atoms with van der Waals surface area (Å²) in [6.07, 6.45) is -0.881. The maximum atomic E-state index is 13.3. The van der Waals surface area contributed by atoms with Crippen molar-refractivity contribution in [2.24, 2.45) is 0 Å². The monoisotopic (exact) mass is 214 g/mol. The molecule has 7 heteroatoms. The molecule has 6 nitrogen and oxygen atoms in total. The van der Waals surface area contributed by atoms with Gasteiger partial charge in [-0.15, -0.1) is 0 Å². The summed E-state index contributed by atoms with van der Waals surface area (Å²) in [6.45, 7) is 0. The van der Waals surface area contributed by atoms with Gasteiger partial charge in [-0.25, -0.2) is 0 Å². The van der Waals surface area contributed by atoms with E-state index in [2.05, 4.69) is 0 Å². The van der Waals surface area contributed by atoms with Crippen molar-refractivity contribution < 1.29 is 14.2 Å². The Kier molecular flexibility index (Phi) is 2.93. The fourth-order valence-electron chi connectivity index (χ4n) is 1.05. The fourth-order valence-corrected chi connectivity index (χ4v) is 1.05. The Balaban J connectivity index is 2.95. The van der Waals surface area contributed by atoms with Gasteiger partial charge in [0.15, 0.2) is 6.42 Å². The minimum atomic E-state index is -3.65. The molecule has 0 saturated heterocycles. The maximum Gasteiger partial charge on any atom is 0.617 e. The summed E-state index contributed by atoms with van der Waals surface area (Å²) in [4.78, 5) is 17.5. The first kappa shape index (κ1) is 11.0. The molecular weight excluding hydrogens is 207 g/mol. The first-order valence-electron chi connectivity index (χ1n) is 3.98. The number of nitrogens with zero attached hydrogens (tertiary/aromatic N) is 2. The van der Waals surface area contributed by atoms with Crippen molar-refractivity contribution in [1.82, 2.24) is 0 Å². The molecule has 80 valence electrons. The van der Waals surface area contributed by atoms with E-state index >= 15 is 0 Å². The standard InChI is InChI=1S/C8H7FN2O4/c9-8(10(12)13,11(14)15)6-7-4-2-1-3-5-7/h1-5H,6H2. The van der Waals surface area contributed by atoms with Gasteiger partial charge in [0.2, 0.25) is 0 Å². The number of hydrogen-bond donors (Lipinski definition) is 0. The lowest BCUT2D eigenvalue weighted by Crippen LogP contribution is -2.43. The van der Waals surface area contributed by atoms with E-state index in [1.807, 2.05) is 0 Å². The van der Waals surface area contributed by atoms with Crippen LogP contribution in [0.15, 0.2) is 30.3 Å². The summed E-state index contributed by atoms with van der Waals surface area (Å²) in [5, 5.41) is 20.5. The lowest BCUT2D eigenvalue weighted by atomic mass is 10.1. The summed E-state index contributed by atoms with van der Waals surface area (Å²) in [5.41, 5.74) is 0.202. The molecule has 1 rings (SSSR count). The zero-order valence-corrected chi connectivity index (χ0v) is 7.50. The minimum absolute atomic E-state index is 0.202. The molecule has 1 aromatic rings. The zero-order chi connectivity index (χ0) is 11.5. The third kappa shape index (κ3) is 2.25. The largest absolute Gasteiger partial charge is 0.617 e. The summed E-state index contributed by atoms with van der Waals surface area (Å²) >= 11 is 0. The van der Waals surface area contributed by atoms with Crippen LogP contribution in [0.3, 0.4) is 0 Å². The van der Waals surface area contributed by atoms with Crippen LogP contribution in [0, 0.1) is 20.2 Å². The van der Waals surface area contributed by atoms with Gasteiger partial charge in [-0.2, -0.15) is 0 Å². The summed E-state index contributed by atoms with van der Waals surface area (Å²) in [6, 6.07) is 7.45. The number of alkyl halides is 1. The Bertz CT molecular complexity index is 367. The average Bonchev–Trinajstić information content (AvgIpc) is 2.18. The van der Waals surface area contributed by atoms with Crippen molar-refractivity contribution in [2.45, 2.75) is 12.3 Å². The maximum absolute atomic E-state index is 13.3. The summed E-state index contributed by atoms with van der Waals surface area (Å²) in [7, 11) is 0. The third-order valence-corrected chi connectivity index (χ3v) is 1.83. The number of nitro groups is 2. The molecule has 0 atom stereocenters. The molecule has 0 aromatic heterocycles. The van der Waals surface area contributed by atoms with Crippen molar-refractivity contribution in [3.63, 3.8) is 0 Å². The number of benzene rings is 1. The highest BCUT2D eigenvalue weighted by Crippen LogP contribution is 2.19. The molecule has 0 aliphatic rings. The molecule has 0 amide bonds. The molecule has 0 heterocycles. The van der Waals surface area contributed by atoms with Crippen molar-refractivity contribution in [2.75, 3.05) is 0 Å². The van der Waals surface area contributed by atoms with Gasteiger partial charge in [0.05, 0.1) is 0 Å². The Morgan fingerprint density at radius 3 is 2.00 bits per heavy atom. The van der Waals surface area contributed by atoms with E-state index in [9.17, 15) is 24.6 Å². The molecule has 0 aliphatic carbocycles. The van der Waals surface area contributed by atoms with Gasteiger partial charge in [0, 0.05) is 0 Å². The Morgan fingerprint density at radius 2 is 1.60 bits per heavy atom. The molecule has 0 fully saturated rings. The number of hydrogen-bond acceptors (Lipinski definition) is 4. The van der Waals surface area contributed by atoms with Crippen LogP contribution in [0.2, 0.25) is 0 Å². The van der Waals surface area contributed by atoms with Gasteiger partial charge in [0.1, 0.15) is 9.85 Å². The van der Waals surface area contributed by atoms with Crippen LogP contribution in [-0.4, -0.2) is 15.8 Å². The molecule has 0 bridgehead atoms. The molecule has 0 aliphatic heterocycles. The minimum Gasteiger partial charge on any atom is -0.256 e. The van der Waals surface area contributed by atoms with E-state index in [0.717, 1.165) is 0 Å². The highest BCUT2D eigenvalue weighted by molar-refractivity contribution is 5.15. The van der Waals surface area contributed by atoms with Gasteiger partial charge >= 0.3 is 5.92 Å². The Morgan fingerprint density at radius 1 is 1.13 bits per heavy atom. The molecule has 0 spiro atoms. The third-order valence-electron chi connectivity index (χ3n) is 1.83. The van der Waals surface area contributed by atoms with Crippen molar-refractivity contribution in [3.8, 4) is 0 Å². The Hall–Kier alpha value is -2.05. The van der Waals surface area contributed by atoms with Crippen molar-refractivity contribution >= 4 is 0 Å². The summed E-state index contributed by atoms with van der Waals surface area (Å²) < 4.78 is 13.3. The predicted octanol–water partition coefficient (Wildman–Crippen LogP) is 1.41. The van der Waals surface area contributed by atoms with Gasteiger partial charge in [-0.3, -0.25) is 20.2 Å².